The van der Waals surface area contributed by atoms with Crippen LogP contribution in [-0.2, 0) is 14.8 Å². The number of fused-ring (bicyclic) bond motifs is 1. The van der Waals surface area contributed by atoms with Gasteiger partial charge in [0.1, 0.15) is 5.58 Å². The summed E-state index contributed by atoms with van der Waals surface area (Å²) in [7, 11) is -3.67. The molecule has 31 heavy (non-hydrogen) atoms. The van der Waals surface area contributed by atoms with E-state index in [0.29, 0.717) is 16.7 Å². The van der Waals surface area contributed by atoms with Gasteiger partial charge in [-0.25, -0.2) is 8.42 Å². The molecule has 1 N–H and O–H groups in total. The van der Waals surface area contributed by atoms with Gasteiger partial charge in [0.25, 0.3) is 5.91 Å². The fourth-order valence-electron chi connectivity index (χ4n) is 3.59. The van der Waals surface area contributed by atoms with Gasteiger partial charge in [-0.15, -0.1) is 0 Å². The normalized spacial score (nSPS) is 19.9. The van der Waals surface area contributed by atoms with Crippen molar-refractivity contribution in [1.29, 1.82) is 0 Å². The lowest BCUT2D eigenvalue weighted by Crippen LogP contribution is -2.48. The van der Waals surface area contributed by atoms with Crippen LogP contribution in [0.5, 0.6) is 0 Å². The second-order valence-electron chi connectivity index (χ2n) is 7.53. The number of carbonyl (C=O) groups is 1. The van der Waals surface area contributed by atoms with Crippen LogP contribution in [0.2, 0.25) is 0 Å². The highest BCUT2D eigenvalue weighted by atomic mass is 32.2. The van der Waals surface area contributed by atoms with Crippen molar-refractivity contribution in [3.05, 3.63) is 70.6 Å². The van der Waals surface area contributed by atoms with Crippen LogP contribution in [0.1, 0.15) is 24.4 Å². The topological polar surface area (TPSA) is 106 Å². The Labute approximate surface area is 179 Å². The van der Waals surface area contributed by atoms with Gasteiger partial charge in [0, 0.05) is 24.8 Å². The summed E-state index contributed by atoms with van der Waals surface area (Å²) in [5, 5.41) is 3.01. The first-order valence-corrected chi connectivity index (χ1v) is 11.3. The quantitative estimate of drug-likeness (QED) is 0.666. The van der Waals surface area contributed by atoms with Gasteiger partial charge in [0.15, 0.2) is 11.2 Å². The van der Waals surface area contributed by atoms with Crippen LogP contribution in [0.4, 0.5) is 5.69 Å². The van der Waals surface area contributed by atoms with Crippen LogP contribution in [0.25, 0.3) is 11.0 Å². The molecule has 4 rings (SSSR count). The Morgan fingerprint density at radius 2 is 1.68 bits per heavy atom. The molecule has 1 aliphatic heterocycles. The molecule has 0 saturated carbocycles. The standard InChI is InChI=1S/C22H22N2O6S/c1-14-12-24(13-15(2)29-14)31(27,28)17-9-7-16(8-10-17)23-22(26)21-11-19(25)18-5-3-4-6-20(18)30-21/h3-11,14-15H,12-13H2,1-2H3,(H,23,26)/t14-,15+. The average Bonchev–Trinajstić information content (AvgIpc) is 2.73. The minimum Gasteiger partial charge on any atom is -0.451 e. The van der Waals surface area contributed by atoms with E-state index in [1.807, 2.05) is 13.8 Å². The monoisotopic (exact) mass is 442 g/mol. The van der Waals surface area contributed by atoms with Crippen LogP contribution in [-0.4, -0.2) is 43.9 Å². The molecule has 1 aromatic heterocycles. The SMILES string of the molecule is C[C@@H]1CN(S(=O)(=O)c2ccc(NC(=O)c3cc(=O)c4ccccc4o3)cc2)C[C@H](C)O1. The minimum absolute atomic E-state index is 0.128. The molecular formula is C22H22N2O6S. The number of benzene rings is 2. The molecule has 1 amide bonds. The first-order valence-electron chi connectivity index (χ1n) is 9.84. The molecular weight excluding hydrogens is 420 g/mol. The molecule has 3 aromatic rings. The number of para-hydroxylation sites is 1. The number of amides is 1. The Morgan fingerprint density at radius 3 is 2.35 bits per heavy atom. The lowest BCUT2D eigenvalue weighted by molar-refractivity contribution is -0.0440. The molecule has 2 aromatic carbocycles. The fourth-order valence-corrected chi connectivity index (χ4v) is 5.19. The van der Waals surface area contributed by atoms with Crippen LogP contribution in [0.15, 0.2) is 68.7 Å². The van der Waals surface area contributed by atoms with E-state index < -0.39 is 15.9 Å². The van der Waals surface area contributed by atoms with Crippen molar-refractivity contribution in [3.8, 4) is 0 Å². The van der Waals surface area contributed by atoms with Crippen molar-refractivity contribution in [3.63, 3.8) is 0 Å². The van der Waals surface area contributed by atoms with Gasteiger partial charge in [0.05, 0.1) is 22.5 Å². The van der Waals surface area contributed by atoms with Gasteiger partial charge in [0.2, 0.25) is 10.0 Å². The summed E-state index contributed by atoms with van der Waals surface area (Å²) in [5.74, 6) is -0.731. The van der Waals surface area contributed by atoms with E-state index in [-0.39, 0.29) is 41.4 Å². The molecule has 1 aliphatic rings. The summed E-state index contributed by atoms with van der Waals surface area (Å²) in [4.78, 5) is 24.8. The number of morpholine rings is 1. The summed E-state index contributed by atoms with van der Waals surface area (Å²) in [5.41, 5.74) is 0.376. The van der Waals surface area contributed by atoms with Crippen molar-refractivity contribution < 1.29 is 22.4 Å². The summed E-state index contributed by atoms with van der Waals surface area (Å²) in [6, 6.07) is 13.7. The second kappa shape index (κ2) is 8.26. The molecule has 1 saturated heterocycles. The van der Waals surface area contributed by atoms with Gasteiger partial charge in [-0.05, 0) is 50.2 Å². The Kier molecular flexibility index (Phi) is 5.65. The third kappa shape index (κ3) is 4.39. The number of nitrogens with one attached hydrogen (secondary N) is 1. The average molecular weight is 442 g/mol. The number of rotatable bonds is 4. The van der Waals surface area contributed by atoms with Gasteiger partial charge in [-0.1, -0.05) is 12.1 Å². The fraction of sp³-hybridized carbons (Fsp3) is 0.273. The first-order chi connectivity index (χ1) is 14.7. The van der Waals surface area contributed by atoms with E-state index in [1.54, 1.807) is 24.3 Å². The van der Waals surface area contributed by atoms with E-state index in [1.165, 1.54) is 28.6 Å². The summed E-state index contributed by atoms with van der Waals surface area (Å²) >= 11 is 0. The maximum Gasteiger partial charge on any atom is 0.291 e. The summed E-state index contributed by atoms with van der Waals surface area (Å²) in [6.45, 7) is 4.24. The predicted molar refractivity (Wildman–Crippen MR) is 116 cm³/mol. The zero-order valence-electron chi connectivity index (χ0n) is 17.1. The Balaban J connectivity index is 1.52. The lowest BCUT2D eigenvalue weighted by Gasteiger charge is -2.34. The second-order valence-corrected chi connectivity index (χ2v) is 9.47. The maximum absolute atomic E-state index is 12.9. The maximum atomic E-state index is 12.9. The molecule has 9 heteroatoms. The van der Waals surface area contributed by atoms with E-state index in [4.69, 9.17) is 9.15 Å². The molecule has 0 radical (unpaired) electrons. The number of hydrogen-bond acceptors (Lipinski definition) is 6. The molecule has 2 atom stereocenters. The number of ether oxygens (including phenoxy) is 1. The van der Waals surface area contributed by atoms with Gasteiger partial charge < -0.3 is 14.5 Å². The summed E-state index contributed by atoms with van der Waals surface area (Å²) < 4.78 is 38.4. The Hall–Kier alpha value is -3.01. The highest BCUT2D eigenvalue weighted by Gasteiger charge is 2.32. The van der Waals surface area contributed by atoms with Crippen molar-refractivity contribution >= 4 is 32.6 Å². The van der Waals surface area contributed by atoms with Gasteiger partial charge in [-0.2, -0.15) is 4.31 Å². The smallest absolute Gasteiger partial charge is 0.291 e. The molecule has 0 unspecified atom stereocenters. The first kappa shape index (κ1) is 21.2. The third-order valence-electron chi connectivity index (χ3n) is 4.99. The summed E-state index contributed by atoms with van der Waals surface area (Å²) in [6.07, 6.45) is -0.373. The predicted octanol–water partition coefficient (Wildman–Crippen LogP) is 2.84. The number of sulfonamides is 1. The number of hydrogen-bond donors (Lipinski definition) is 1. The molecule has 2 heterocycles. The zero-order valence-corrected chi connectivity index (χ0v) is 17.9. The highest BCUT2D eigenvalue weighted by Crippen LogP contribution is 2.23. The van der Waals surface area contributed by atoms with Gasteiger partial charge >= 0.3 is 0 Å². The molecule has 1 fully saturated rings. The van der Waals surface area contributed by atoms with E-state index in [0.717, 1.165) is 6.07 Å². The molecule has 8 nitrogen and oxygen atoms in total. The van der Waals surface area contributed by atoms with E-state index in [9.17, 15) is 18.0 Å². The minimum atomic E-state index is -3.67. The lowest BCUT2D eigenvalue weighted by atomic mass is 10.2. The van der Waals surface area contributed by atoms with Crippen molar-refractivity contribution in [2.75, 3.05) is 18.4 Å². The molecule has 0 spiro atoms. The van der Waals surface area contributed by atoms with Crippen LogP contribution >= 0.6 is 0 Å². The number of anilines is 1. The third-order valence-corrected chi connectivity index (χ3v) is 6.84. The van der Waals surface area contributed by atoms with Crippen LogP contribution in [0, 0.1) is 0 Å². The Bertz CT molecular complexity index is 1270. The number of nitrogens with zero attached hydrogens (tertiary/aromatic N) is 1. The van der Waals surface area contributed by atoms with Crippen LogP contribution in [0.3, 0.4) is 0 Å². The van der Waals surface area contributed by atoms with Crippen molar-refractivity contribution in [2.24, 2.45) is 0 Å². The molecule has 0 bridgehead atoms. The zero-order chi connectivity index (χ0) is 22.2. The van der Waals surface area contributed by atoms with Crippen molar-refractivity contribution in [2.45, 2.75) is 31.0 Å². The van der Waals surface area contributed by atoms with Gasteiger partial charge in [-0.3, -0.25) is 9.59 Å². The molecule has 162 valence electrons. The molecule has 0 aliphatic carbocycles. The van der Waals surface area contributed by atoms with Crippen LogP contribution < -0.4 is 10.7 Å². The highest BCUT2D eigenvalue weighted by molar-refractivity contribution is 7.89. The Morgan fingerprint density at radius 1 is 1.03 bits per heavy atom. The van der Waals surface area contributed by atoms with Crippen molar-refractivity contribution in [1.82, 2.24) is 4.31 Å². The largest absolute Gasteiger partial charge is 0.451 e. The van der Waals surface area contributed by atoms with E-state index in [2.05, 4.69) is 5.32 Å². The van der Waals surface area contributed by atoms with E-state index >= 15 is 0 Å². The number of carbonyl (C=O) groups excluding carboxylic acids is 1.